The number of aliphatic carboxylic acids is 1. The van der Waals surface area contributed by atoms with Crippen LogP contribution in [0.15, 0.2) is 21.9 Å². The van der Waals surface area contributed by atoms with Crippen molar-refractivity contribution in [1.29, 1.82) is 0 Å². The normalized spacial score (nSPS) is 23.2. The number of hydrogen-bond acceptors (Lipinski definition) is 6. The summed E-state index contributed by atoms with van der Waals surface area (Å²) in [4.78, 5) is 13.5. The molecule has 1 saturated carbocycles. The molecule has 13 heteroatoms. The predicted octanol–water partition coefficient (Wildman–Crippen LogP) is 5.33. The van der Waals surface area contributed by atoms with Crippen molar-refractivity contribution >= 4 is 33.4 Å². The molecule has 0 saturated heterocycles. The van der Waals surface area contributed by atoms with E-state index in [1.165, 1.54) is 31.8 Å². The van der Waals surface area contributed by atoms with Gasteiger partial charge in [0.05, 0.1) is 16.5 Å². The van der Waals surface area contributed by atoms with Crippen LogP contribution in [0, 0.1) is 5.92 Å². The van der Waals surface area contributed by atoms with E-state index in [0.29, 0.717) is 10.6 Å². The van der Waals surface area contributed by atoms with E-state index in [2.05, 4.69) is 0 Å². The van der Waals surface area contributed by atoms with Gasteiger partial charge in [0.15, 0.2) is 0 Å². The number of thioether (sulfide) groups is 1. The molecule has 7 nitrogen and oxygen atoms in total. The summed E-state index contributed by atoms with van der Waals surface area (Å²) in [6.45, 7) is 2.14. The van der Waals surface area contributed by atoms with Crippen LogP contribution in [0.25, 0.3) is 0 Å². The minimum atomic E-state index is -4.18. The number of anilines is 1. The van der Waals surface area contributed by atoms with E-state index in [4.69, 9.17) is 4.74 Å². The molecule has 3 rings (SSSR count). The molecule has 0 aromatic heterocycles. The average Bonchev–Trinajstić information content (AvgIpc) is 2.88. The molecule has 1 aliphatic heterocycles. The number of fused-ring (bicyclic) bond motifs is 1. The van der Waals surface area contributed by atoms with Crippen molar-refractivity contribution < 1.29 is 40.6 Å². The van der Waals surface area contributed by atoms with Crippen LogP contribution in [0.3, 0.4) is 0 Å². The number of nitrogens with zero attached hydrogens (tertiary/aromatic N) is 2. The van der Waals surface area contributed by atoms with Gasteiger partial charge < -0.3 is 14.7 Å². The molecule has 0 amide bonds. The second kappa shape index (κ2) is 11.2. The van der Waals surface area contributed by atoms with Gasteiger partial charge in [-0.2, -0.15) is 4.31 Å². The lowest BCUT2D eigenvalue weighted by molar-refractivity contribution is -0.142. The molecular formula is C24H34F4N2O5S2. The Balaban J connectivity index is 2.09. The van der Waals surface area contributed by atoms with Crippen molar-refractivity contribution in [2.24, 2.45) is 5.92 Å². The smallest absolute Gasteiger partial charge is 0.309 e. The quantitative estimate of drug-likeness (QED) is 0.317. The molecule has 0 bridgehead atoms. The standard InChI is InChI=1S/C24H34F4N2O5S2/c1-15(22(31)32)14-35-19-12-21-18(11-20(19)36-4)30(16-6-9-24(27,28)10-7-16)13-17(5-8-23(2,25)26)29(3)37(21,33)34/h11-12,15-17H,5-10,13-14H2,1-4H3,(H,31,32)/t15-,17-/m1/s1. The zero-order chi connectivity index (χ0) is 27.8. The SMILES string of the molecule is CSc1cc2c(cc1OC[C@@H](C)C(=O)O)S(=O)(=O)N(C)[C@H](CCC(C)(F)F)CN2C1CCC(F)(F)CC1. The largest absolute Gasteiger partial charge is 0.491 e. The van der Waals surface area contributed by atoms with E-state index in [-0.39, 0.29) is 55.9 Å². The number of carboxylic acid groups (broad SMARTS) is 1. The van der Waals surface area contributed by atoms with Gasteiger partial charge in [-0.25, -0.2) is 26.0 Å². The summed E-state index contributed by atoms with van der Waals surface area (Å²) in [6, 6.07) is 1.76. The first-order valence-electron chi connectivity index (χ1n) is 12.1. The highest BCUT2D eigenvalue weighted by Gasteiger charge is 2.43. The number of rotatable bonds is 9. The second-order valence-corrected chi connectivity index (χ2v) is 12.9. The van der Waals surface area contributed by atoms with Gasteiger partial charge in [0.2, 0.25) is 21.9 Å². The fraction of sp³-hybridized carbons (Fsp3) is 0.708. The first-order valence-corrected chi connectivity index (χ1v) is 14.8. The molecule has 1 heterocycles. The van der Waals surface area contributed by atoms with Crippen LogP contribution in [-0.2, 0) is 14.8 Å². The second-order valence-electron chi connectivity index (χ2n) is 10.0. The van der Waals surface area contributed by atoms with E-state index < -0.39 is 52.3 Å². The van der Waals surface area contributed by atoms with Crippen LogP contribution in [0.1, 0.15) is 52.4 Å². The Morgan fingerprint density at radius 1 is 1.30 bits per heavy atom. The lowest BCUT2D eigenvalue weighted by Gasteiger charge is -2.40. The van der Waals surface area contributed by atoms with E-state index in [1.54, 1.807) is 17.2 Å². The van der Waals surface area contributed by atoms with Crippen molar-refractivity contribution in [3.05, 3.63) is 12.1 Å². The number of hydrogen-bond donors (Lipinski definition) is 1. The highest BCUT2D eigenvalue weighted by Crippen LogP contribution is 2.44. The van der Waals surface area contributed by atoms with Crippen molar-refractivity contribution in [1.82, 2.24) is 4.31 Å². The fourth-order valence-corrected chi connectivity index (χ4v) is 6.81. The Kier molecular flexibility index (Phi) is 9.00. The van der Waals surface area contributed by atoms with Crippen LogP contribution in [-0.4, -0.2) is 74.2 Å². The summed E-state index contributed by atoms with van der Waals surface area (Å²) in [5, 5.41) is 9.19. The van der Waals surface area contributed by atoms with Gasteiger partial charge in [0.1, 0.15) is 17.3 Å². The number of likely N-dealkylation sites (N-methyl/N-ethyl adjacent to an activating group) is 1. The molecule has 1 aliphatic carbocycles. The van der Waals surface area contributed by atoms with Crippen LogP contribution >= 0.6 is 11.8 Å². The van der Waals surface area contributed by atoms with Gasteiger partial charge in [-0.1, -0.05) is 0 Å². The van der Waals surface area contributed by atoms with E-state index >= 15 is 0 Å². The minimum absolute atomic E-state index is 0.0825. The molecule has 1 fully saturated rings. The molecular weight excluding hydrogens is 536 g/mol. The van der Waals surface area contributed by atoms with E-state index in [9.17, 15) is 35.9 Å². The van der Waals surface area contributed by atoms with E-state index in [0.717, 1.165) is 11.2 Å². The minimum Gasteiger partial charge on any atom is -0.491 e. The molecule has 0 unspecified atom stereocenters. The third kappa shape index (κ3) is 7.03. The third-order valence-electron chi connectivity index (χ3n) is 7.09. The van der Waals surface area contributed by atoms with Crippen LogP contribution in [0.5, 0.6) is 5.75 Å². The van der Waals surface area contributed by atoms with Gasteiger partial charge in [-0.05, 0) is 45.4 Å². The maximum absolute atomic E-state index is 13.9. The number of carbonyl (C=O) groups is 1. The maximum Gasteiger partial charge on any atom is 0.309 e. The van der Waals surface area contributed by atoms with Crippen molar-refractivity contribution in [2.75, 3.05) is 31.4 Å². The van der Waals surface area contributed by atoms with Crippen LogP contribution in [0.2, 0.25) is 0 Å². The molecule has 37 heavy (non-hydrogen) atoms. The zero-order valence-corrected chi connectivity index (χ0v) is 23.0. The Labute approximate surface area is 219 Å². The molecule has 0 spiro atoms. The summed E-state index contributed by atoms with van der Waals surface area (Å²) in [5.41, 5.74) is 0.316. The summed E-state index contributed by atoms with van der Waals surface area (Å²) < 4.78 is 89.6. The first-order chi connectivity index (χ1) is 17.1. The summed E-state index contributed by atoms with van der Waals surface area (Å²) in [6.07, 6.45) is 0.708. The Hall–Kier alpha value is -1.73. The van der Waals surface area contributed by atoms with Crippen molar-refractivity contribution in [2.45, 2.75) is 86.1 Å². The number of halogens is 4. The lowest BCUT2D eigenvalue weighted by atomic mass is 9.90. The summed E-state index contributed by atoms with van der Waals surface area (Å²) in [7, 11) is -2.84. The van der Waals surface area contributed by atoms with Gasteiger partial charge in [0.25, 0.3) is 0 Å². The first kappa shape index (κ1) is 29.8. The van der Waals surface area contributed by atoms with Crippen LogP contribution < -0.4 is 9.64 Å². The monoisotopic (exact) mass is 570 g/mol. The Bertz CT molecular complexity index is 1090. The molecule has 1 aromatic carbocycles. The zero-order valence-electron chi connectivity index (χ0n) is 21.3. The van der Waals surface area contributed by atoms with Crippen molar-refractivity contribution in [3.8, 4) is 5.75 Å². The average molecular weight is 571 g/mol. The number of benzene rings is 1. The van der Waals surface area contributed by atoms with Crippen molar-refractivity contribution in [3.63, 3.8) is 0 Å². The van der Waals surface area contributed by atoms with Gasteiger partial charge >= 0.3 is 5.97 Å². The summed E-state index contributed by atoms with van der Waals surface area (Å²) in [5.74, 6) is -7.50. The topological polar surface area (TPSA) is 87.1 Å². The number of alkyl halides is 4. The molecule has 1 N–H and O–H groups in total. The van der Waals surface area contributed by atoms with Gasteiger partial charge in [0, 0.05) is 51.0 Å². The Morgan fingerprint density at radius 3 is 2.46 bits per heavy atom. The highest BCUT2D eigenvalue weighted by atomic mass is 32.2. The Morgan fingerprint density at radius 2 is 1.92 bits per heavy atom. The number of ether oxygens (including phenoxy) is 1. The van der Waals surface area contributed by atoms with E-state index in [1.807, 2.05) is 0 Å². The molecule has 2 aliphatic rings. The van der Waals surface area contributed by atoms with Gasteiger partial charge in [-0.3, -0.25) is 4.79 Å². The molecule has 0 radical (unpaired) electrons. The molecule has 2 atom stereocenters. The van der Waals surface area contributed by atoms with Crippen LogP contribution in [0.4, 0.5) is 23.2 Å². The highest BCUT2D eigenvalue weighted by molar-refractivity contribution is 7.98. The number of sulfonamides is 1. The predicted molar refractivity (Wildman–Crippen MR) is 134 cm³/mol. The fourth-order valence-electron chi connectivity index (χ4n) is 4.69. The van der Waals surface area contributed by atoms with Gasteiger partial charge in [-0.15, -0.1) is 11.8 Å². The maximum atomic E-state index is 13.9. The molecule has 1 aromatic rings. The summed E-state index contributed by atoms with van der Waals surface area (Å²) >= 11 is 1.27. The number of carboxylic acids is 1. The molecule has 210 valence electrons. The third-order valence-corrected chi connectivity index (χ3v) is 9.79. The lowest BCUT2D eigenvalue weighted by Crippen LogP contribution is -2.47.